The molecule has 2 heterocycles. The third-order valence-corrected chi connectivity index (χ3v) is 3.65. The Morgan fingerprint density at radius 3 is 2.38 bits per heavy atom. The van der Waals surface area contributed by atoms with Gasteiger partial charge in [0.25, 0.3) is 0 Å². The Morgan fingerprint density at radius 2 is 1.62 bits per heavy atom. The molecule has 2 aliphatic heterocycles. The number of carbonyl (C=O) groups excluding carboxylic acids is 1. The van der Waals surface area contributed by atoms with E-state index in [1.165, 1.54) is 25.7 Å². The minimum absolute atomic E-state index is 0.227. The zero-order chi connectivity index (χ0) is 11.2. The number of amides is 1. The Hall–Kier alpha value is -0.570. The number of ether oxygens (including phenoxy) is 1. The Kier molecular flexibility index (Phi) is 4.64. The van der Waals surface area contributed by atoms with Crippen LogP contribution in [0.2, 0.25) is 0 Å². The molecule has 2 fully saturated rings. The molecule has 3 heteroatoms. The molecule has 2 bridgehead atoms. The van der Waals surface area contributed by atoms with Crippen molar-refractivity contribution in [3.8, 4) is 0 Å². The normalized spacial score (nSPS) is 33.4. The highest BCUT2D eigenvalue weighted by molar-refractivity contribution is 5.75. The summed E-state index contributed by atoms with van der Waals surface area (Å²) in [6, 6.07) is 0. The van der Waals surface area contributed by atoms with Crippen LogP contribution in [0.15, 0.2) is 0 Å². The van der Waals surface area contributed by atoms with Crippen LogP contribution in [0.1, 0.15) is 57.8 Å². The minimum atomic E-state index is 0.227. The van der Waals surface area contributed by atoms with Crippen molar-refractivity contribution >= 4 is 5.91 Å². The summed E-state index contributed by atoms with van der Waals surface area (Å²) in [4.78, 5) is 11.4. The fourth-order valence-electron chi connectivity index (χ4n) is 2.68. The first-order valence-corrected chi connectivity index (χ1v) is 6.77. The monoisotopic (exact) mass is 225 g/mol. The maximum atomic E-state index is 11.4. The molecule has 1 amide bonds. The van der Waals surface area contributed by atoms with Gasteiger partial charge in [-0.2, -0.15) is 0 Å². The SMILES string of the molecule is O=C1CCCCC2CCC(CCCCN1)O2. The van der Waals surface area contributed by atoms with Crippen LogP contribution in [-0.4, -0.2) is 24.7 Å². The van der Waals surface area contributed by atoms with E-state index in [9.17, 15) is 4.79 Å². The van der Waals surface area contributed by atoms with Crippen LogP contribution in [0.5, 0.6) is 0 Å². The number of hydrogen-bond donors (Lipinski definition) is 1. The summed E-state index contributed by atoms with van der Waals surface area (Å²) in [6.07, 6.45) is 10.9. The standard InChI is InChI=1S/C13H23NO2/c15-13-7-2-1-5-11-8-9-12(16-11)6-3-4-10-14-13/h11-12H,1-10H2,(H,14,15). The Balaban J connectivity index is 1.78. The van der Waals surface area contributed by atoms with Crippen LogP contribution in [0.3, 0.4) is 0 Å². The van der Waals surface area contributed by atoms with E-state index < -0.39 is 0 Å². The third-order valence-electron chi connectivity index (χ3n) is 3.65. The van der Waals surface area contributed by atoms with Gasteiger partial charge in [0.1, 0.15) is 0 Å². The summed E-state index contributed by atoms with van der Waals surface area (Å²) in [6.45, 7) is 0.842. The highest BCUT2D eigenvalue weighted by Gasteiger charge is 2.24. The molecular formula is C13H23NO2. The lowest BCUT2D eigenvalue weighted by molar-refractivity contribution is -0.121. The van der Waals surface area contributed by atoms with Gasteiger partial charge < -0.3 is 10.1 Å². The van der Waals surface area contributed by atoms with Gasteiger partial charge in [0.15, 0.2) is 0 Å². The first kappa shape index (κ1) is 11.9. The molecule has 2 saturated heterocycles. The van der Waals surface area contributed by atoms with Crippen LogP contribution < -0.4 is 5.32 Å². The molecule has 0 spiro atoms. The zero-order valence-electron chi connectivity index (χ0n) is 10.0. The largest absolute Gasteiger partial charge is 0.375 e. The fourth-order valence-corrected chi connectivity index (χ4v) is 2.68. The maximum absolute atomic E-state index is 11.4. The van der Waals surface area contributed by atoms with E-state index >= 15 is 0 Å². The smallest absolute Gasteiger partial charge is 0.219 e. The molecule has 0 aromatic rings. The number of carbonyl (C=O) groups is 1. The van der Waals surface area contributed by atoms with Gasteiger partial charge in [-0.3, -0.25) is 4.79 Å². The third kappa shape index (κ3) is 3.78. The van der Waals surface area contributed by atoms with Crippen LogP contribution in [-0.2, 0) is 9.53 Å². The molecule has 2 unspecified atom stereocenters. The number of nitrogens with one attached hydrogen (secondary N) is 1. The second-order valence-corrected chi connectivity index (χ2v) is 5.05. The average molecular weight is 225 g/mol. The molecule has 16 heavy (non-hydrogen) atoms. The van der Waals surface area contributed by atoms with E-state index in [2.05, 4.69) is 5.32 Å². The summed E-state index contributed by atoms with van der Waals surface area (Å²) in [5, 5.41) is 2.99. The summed E-state index contributed by atoms with van der Waals surface area (Å²) < 4.78 is 6.00. The van der Waals surface area contributed by atoms with Crippen LogP contribution in [0.25, 0.3) is 0 Å². The number of rotatable bonds is 0. The van der Waals surface area contributed by atoms with Gasteiger partial charge in [-0.1, -0.05) is 6.42 Å². The molecule has 0 aromatic heterocycles. The Bertz CT molecular complexity index is 230. The lowest BCUT2D eigenvalue weighted by Gasteiger charge is -2.12. The number of hydrogen-bond acceptors (Lipinski definition) is 2. The Morgan fingerprint density at radius 1 is 0.938 bits per heavy atom. The first-order valence-electron chi connectivity index (χ1n) is 6.77. The Labute approximate surface area is 97.9 Å². The summed E-state index contributed by atoms with van der Waals surface area (Å²) >= 11 is 0. The predicted molar refractivity (Wildman–Crippen MR) is 63.2 cm³/mol. The fraction of sp³-hybridized carbons (Fsp3) is 0.923. The molecule has 2 aliphatic rings. The zero-order valence-corrected chi connectivity index (χ0v) is 10.0. The van der Waals surface area contributed by atoms with Crippen molar-refractivity contribution in [2.45, 2.75) is 70.0 Å². The van der Waals surface area contributed by atoms with E-state index in [0.29, 0.717) is 18.6 Å². The van der Waals surface area contributed by atoms with E-state index in [4.69, 9.17) is 4.74 Å². The van der Waals surface area contributed by atoms with Crippen molar-refractivity contribution in [2.24, 2.45) is 0 Å². The minimum Gasteiger partial charge on any atom is -0.375 e. The van der Waals surface area contributed by atoms with Gasteiger partial charge in [-0.05, 0) is 44.9 Å². The van der Waals surface area contributed by atoms with Crippen molar-refractivity contribution < 1.29 is 9.53 Å². The van der Waals surface area contributed by atoms with Crippen LogP contribution in [0.4, 0.5) is 0 Å². The van der Waals surface area contributed by atoms with E-state index in [-0.39, 0.29) is 5.91 Å². The second kappa shape index (κ2) is 6.24. The molecule has 92 valence electrons. The summed E-state index contributed by atoms with van der Waals surface area (Å²) in [7, 11) is 0. The van der Waals surface area contributed by atoms with Crippen molar-refractivity contribution in [3.05, 3.63) is 0 Å². The molecular weight excluding hydrogens is 202 g/mol. The number of fused-ring (bicyclic) bond motifs is 2. The second-order valence-electron chi connectivity index (χ2n) is 5.05. The van der Waals surface area contributed by atoms with Gasteiger partial charge in [-0.25, -0.2) is 0 Å². The lowest BCUT2D eigenvalue weighted by Crippen LogP contribution is -2.24. The molecule has 0 radical (unpaired) electrons. The van der Waals surface area contributed by atoms with Crippen molar-refractivity contribution in [1.29, 1.82) is 0 Å². The van der Waals surface area contributed by atoms with E-state index in [0.717, 1.165) is 32.2 Å². The summed E-state index contributed by atoms with van der Waals surface area (Å²) in [5.74, 6) is 0.227. The van der Waals surface area contributed by atoms with Gasteiger partial charge >= 0.3 is 0 Å². The highest BCUT2D eigenvalue weighted by Crippen LogP contribution is 2.27. The topological polar surface area (TPSA) is 38.3 Å². The molecule has 1 N–H and O–H groups in total. The molecule has 0 aliphatic carbocycles. The average Bonchev–Trinajstić information content (AvgIpc) is 2.72. The maximum Gasteiger partial charge on any atom is 0.219 e. The van der Waals surface area contributed by atoms with Crippen molar-refractivity contribution in [2.75, 3.05) is 6.54 Å². The molecule has 2 rings (SSSR count). The van der Waals surface area contributed by atoms with E-state index in [1.54, 1.807) is 0 Å². The molecule has 0 aromatic carbocycles. The van der Waals surface area contributed by atoms with Gasteiger partial charge in [0.2, 0.25) is 5.91 Å². The molecule has 0 saturated carbocycles. The van der Waals surface area contributed by atoms with Gasteiger partial charge in [0.05, 0.1) is 12.2 Å². The molecule has 3 nitrogen and oxygen atoms in total. The van der Waals surface area contributed by atoms with E-state index in [1.807, 2.05) is 0 Å². The van der Waals surface area contributed by atoms with Crippen LogP contribution >= 0.6 is 0 Å². The highest BCUT2D eigenvalue weighted by atomic mass is 16.5. The van der Waals surface area contributed by atoms with Crippen molar-refractivity contribution in [1.82, 2.24) is 5.32 Å². The van der Waals surface area contributed by atoms with Gasteiger partial charge in [-0.15, -0.1) is 0 Å². The first-order chi connectivity index (χ1) is 7.84. The van der Waals surface area contributed by atoms with Crippen LogP contribution in [0, 0.1) is 0 Å². The van der Waals surface area contributed by atoms with Crippen molar-refractivity contribution in [3.63, 3.8) is 0 Å². The predicted octanol–water partition coefficient (Wildman–Crippen LogP) is 2.39. The summed E-state index contributed by atoms with van der Waals surface area (Å²) in [5.41, 5.74) is 0. The quantitative estimate of drug-likeness (QED) is 0.687. The lowest BCUT2D eigenvalue weighted by atomic mass is 10.0. The van der Waals surface area contributed by atoms with Gasteiger partial charge in [0, 0.05) is 13.0 Å². The molecule has 2 atom stereocenters.